The van der Waals surface area contributed by atoms with Gasteiger partial charge in [0.05, 0.1) is 12.4 Å². The summed E-state index contributed by atoms with van der Waals surface area (Å²) >= 11 is 0. The molecule has 0 fully saturated rings. The van der Waals surface area contributed by atoms with E-state index in [0.29, 0.717) is 12.4 Å². The Kier molecular flexibility index (Phi) is 5.73. The first-order chi connectivity index (χ1) is 13.3. The van der Waals surface area contributed by atoms with Crippen molar-refractivity contribution in [2.24, 2.45) is 0 Å². The van der Waals surface area contributed by atoms with Gasteiger partial charge in [0.25, 0.3) is 5.91 Å². The number of nitrogens with zero attached hydrogens (tertiary/aromatic N) is 2. The molecule has 3 aromatic rings. The molecule has 0 bridgehead atoms. The molecular weight excluding hydrogens is 348 g/mol. The summed E-state index contributed by atoms with van der Waals surface area (Å²) in [7, 11) is 0. The van der Waals surface area contributed by atoms with E-state index in [4.69, 9.17) is 0 Å². The second-order valence-electron chi connectivity index (χ2n) is 7.91. The molecule has 3 rings (SSSR count). The van der Waals surface area contributed by atoms with Gasteiger partial charge in [-0.3, -0.25) is 4.79 Å². The molecular formula is C23H26N4O. The lowest BCUT2D eigenvalue weighted by Gasteiger charge is -2.19. The normalized spacial score (nSPS) is 11.1. The highest BCUT2D eigenvalue weighted by Crippen LogP contribution is 2.23. The summed E-state index contributed by atoms with van der Waals surface area (Å²) in [5, 5.41) is 6.08. The van der Waals surface area contributed by atoms with Gasteiger partial charge in [0.1, 0.15) is 11.5 Å². The first-order valence-corrected chi connectivity index (χ1v) is 9.34. The Labute approximate surface area is 166 Å². The van der Waals surface area contributed by atoms with Crippen LogP contribution < -0.4 is 10.6 Å². The maximum absolute atomic E-state index is 12.4. The van der Waals surface area contributed by atoms with Crippen molar-refractivity contribution in [3.8, 4) is 0 Å². The van der Waals surface area contributed by atoms with Crippen LogP contribution in [-0.4, -0.2) is 15.9 Å². The SMILES string of the molecule is Cc1cccc(CNc2cnc(C(=O)Nc3ccc(C(C)(C)C)cc3)cn2)c1. The molecule has 5 nitrogen and oxygen atoms in total. The monoisotopic (exact) mass is 374 g/mol. The topological polar surface area (TPSA) is 66.9 Å². The Morgan fingerprint density at radius 3 is 2.36 bits per heavy atom. The van der Waals surface area contributed by atoms with Crippen LogP contribution in [0.4, 0.5) is 11.5 Å². The van der Waals surface area contributed by atoms with Crippen LogP contribution in [0.15, 0.2) is 60.9 Å². The Hall–Kier alpha value is -3.21. The van der Waals surface area contributed by atoms with Gasteiger partial charge in [-0.05, 0) is 35.6 Å². The number of anilines is 2. The molecule has 0 unspecified atom stereocenters. The van der Waals surface area contributed by atoms with Crippen LogP contribution in [0.25, 0.3) is 0 Å². The second-order valence-corrected chi connectivity index (χ2v) is 7.91. The zero-order chi connectivity index (χ0) is 20.1. The molecule has 0 aliphatic rings. The Morgan fingerprint density at radius 1 is 1.00 bits per heavy atom. The van der Waals surface area contributed by atoms with Gasteiger partial charge in [0, 0.05) is 12.2 Å². The van der Waals surface area contributed by atoms with Crippen molar-refractivity contribution < 1.29 is 4.79 Å². The molecule has 1 heterocycles. The fraction of sp³-hybridized carbons (Fsp3) is 0.261. The summed E-state index contributed by atoms with van der Waals surface area (Å²) in [5.74, 6) is 0.355. The molecule has 28 heavy (non-hydrogen) atoms. The van der Waals surface area contributed by atoms with Gasteiger partial charge in [0.15, 0.2) is 0 Å². The molecule has 0 atom stereocenters. The predicted octanol–water partition coefficient (Wildman–Crippen LogP) is 4.95. The number of hydrogen-bond acceptors (Lipinski definition) is 4. The molecule has 1 aromatic heterocycles. The van der Waals surface area contributed by atoms with Crippen LogP contribution in [0.3, 0.4) is 0 Å². The summed E-state index contributed by atoms with van der Waals surface area (Å²) in [6, 6.07) is 16.1. The third kappa shape index (κ3) is 5.16. The van der Waals surface area contributed by atoms with Crippen molar-refractivity contribution in [2.75, 3.05) is 10.6 Å². The van der Waals surface area contributed by atoms with E-state index in [1.165, 1.54) is 22.9 Å². The maximum Gasteiger partial charge on any atom is 0.275 e. The molecule has 0 aliphatic carbocycles. The minimum absolute atomic E-state index is 0.0787. The van der Waals surface area contributed by atoms with E-state index in [2.05, 4.69) is 66.5 Å². The smallest absolute Gasteiger partial charge is 0.275 e. The third-order valence-electron chi connectivity index (χ3n) is 4.45. The minimum atomic E-state index is -0.277. The molecule has 0 aliphatic heterocycles. The Balaban J connectivity index is 1.59. The fourth-order valence-corrected chi connectivity index (χ4v) is 2.80. The first-order valence-electron chi connectivity index (χ1n) is 9.34. The van der Waals surface area contributed by atoms with Crippen LogP contribution in [0, 0.1) is 6.92 Å². The summed E-state index contributed by atoms with van der Waals surface area (Å²) in [6.45, 7) is 9.19. The number of hydrogen-bond donors (Lipinski definition) is 2. The lowest BCUT2D eigenvalue weighted by Crippen LogP contribution is -2.15. The van der Waals surface area contributed by atoms with Gasteiger partial charge >= 0.3 is 0 Å². The van der Waals surface area contributed by atoms with Crippen molar-refractivity contribution >= 4 is 17.4 Å². The number of benzene rings is 2. The number of nitrogens with one attached hydrogen (secondary N) is 2. The fourth-order valence-electron chi connectivity index (χ4n) is 2.80. The maximum atomic E-state index is 12.4. The number of aryl methyl sites for hydroxylation is 1. The highest BCUT2D eigenvalue weighted by atomic mass is 16.1. The summed E-state index contributed by atoms with van der Waals surface area (Å²) in [6.07, 6.45) is 3.06. The average molecular weight is 374 g/mol. The van der Waals surface area contributed by atoms with E-state index in [9.17, 15) is 4.79 Å². The lowest BCUT2D eigenvalue weighted by molar-refractivity contribution is 0.102. The molecule has 0 radical (unpaired) electrons. The third-order valence-corrected chi connectivity index (χ3v) is 4.45. The summed E-state index contributed by atoms with van der Waals surface area (Å²) in [5.41, 5.74) is 4.70. The Morgan fingerprint density at radius 2 is 1.75 bits per heavy atom. The van der Waals surface area contributed by atoms with Crippen LogP contribution in [0.1, 0.15) is 48.0 Å². The van der Waals surface area contributed by atoms with Gasteiger partial charge in [-0.25, -0.2) is 9.97 Å². The highest BCUT2D eigenvalue weighted by Gasteiger charge is 2.14. The predicted molar refractivity (Wildman–Crippen MR) is 114 cm³/mol. The van der Waals surface area contributed by atoms with Crippen molar-refractivity contribution in [3.05, 3.63) is 83.3 Å². The van der Waals surface area contributed by atoms with Crippen LogP contribution >= 0.6 is 0 Å². The van der Waals surface area contributed by atoms with Gasteiger partial charge in [-0.2, -0.15) is 0 Å². The molecule has 5 heteroatoms. The van der Waals surface area contributed by atoms with E-state index < -0.39 is 0 Å². The number of rotatable bonds is 5. The summed E-state index contributed by atoms with van der Waals surface area (Å²) in [4.78, 5) is 20.9. The first kappa shape index (κ1) is 19.5. The molecule has 144 valence electrons. The average Bonchev–Trinajstić information content (AvgIpc) is 2.66. The van der Waals surface area contributed by atoms with Gasteiger partial charge < -0.3 is 10.6 Å². The standard InChI is InChI=1S/C23H26N4O/c1-16-6-5-7-17(12-16)13-25-21-15-24-20(14-26-21)22(28)27-19-10-8-18(9-11-19)23(2,3)4/h5-12,14-15H,13H2,1-4H3,(H,25,26)(H,27,28). The minimum Gasteiger partial charge on any atom is -0.365 e. The molecule has 0 saturated heterocycles. The second kappa shape index (κ2) is 8.21. The van der Waals surface area contributed by atoms with E-state index >= 15 is 0 Å². The zero-order valence-electron chi connectivity index (χ0n) is 16.8. The van der Waals surface area contributed by atoms with E-state index in [1.54, 1.807) is 6.20 Å². The molecule has 2 aromatic carbocycles. The van der Waals surface area contributed by atoms with Crippen molar-refractivity contribution in [1.29, 1.82) is 0 Å². The van der Waals surface area contributed by atoms with Gasteiger partial charge in [-0.15, -0.1) is 0 Å². The van der Waals surface area contributed by atoms with Crippen LogP contribution in [0.2, 0.25) is 0 Å². The molecule has 0 saturated carbocycles. The van der Waals surface area contributed by atoms with Crippen LogP contribution in [-0.2, 0) is 12.0 Å². The molecule has 1 amide bonds. The van der Waals surface area contributed by atoms with Gasteiger partial charge in [0.2, 0.25) is 0 Å². The van der Waals surface area contributed by atoms with E-state index in [-0.39, 0.29) is 17.0 Å². The number of carbonyl (C=O) groups is 1. The van der Waals surface area contributed by atoms with Crippen molar-refractivity contribution in [2.45, 2.75) is 39.7 Å². The highest BCUT2D eigenvalue weighted by molar-refractivity contribution is 6.02. The summed E-state index contributed by atoms with van der Waals surface area (Å²) < 4.78 is 0. The Bertz CT molecular complexity index is 942. The quantitative estimate of drug-likeness (QED) is 0.663. The van der Waals surface area contributed by atoms with Crippen molar-refractivity contribution in [3.63, 3.8) is 0 Å². The molecule has 0 spiro atoms. The largest absolute Gasteiger partial charge is 0.365 e. The van der Waals surface area contributed by atoms with Crippen LogP contribution in [0.5, 0.6) is 0 Å². The lowest BCUT2D eigenvalue weighted by atomic mass is 9.87. The number of aromatic nitrogens is 2. The van der Waals surface area contributed by atoms with E-state index in [1.807, 2.05) is 30.3 Å². The number of carbonyl (C=O) groups excluding carboxylic acids is 1. The van der Waals surface area contributed by atoms with Gasteiger partial charge in [-0.1, -0.05) is 62.7 Å². The number of amides is 1. The molecule has 2 N–H and O–H groups in total. The van der Waals surface area contributed by atoms with Crippen molar-refractivity contribution in [1.82, 2.24) is 9.97 Å². The van der Waals surface area contributed by atoms with E-state index in [0.717, 1.165) is 5.69 Å². The zero-order valence-corrected chi connectivity index (χ0v) is 16.8.